The fraction of sp³-hybridized carbons (Fsp3) is 0.450. The molecule has 1 saturated heterocycles. The molecule has 152 valence electrons. The molecular formula is C20H24F3N3O2. The molecule has 0 bridgehead atoms. The Hall–Kier alpha value is -2.32. The average Bonchev–Trinajstić information content (AvgIpc) is 2.74. The van der Waals surface area contributed by atoms with Crippen molar-refractivity contribution in [3.63, 3.8) is 0 Å². The molecule has 1 aliphatic rings. The van der Waals surface area contributed by atoms with Gasteiger partial charge in [0, 0.05) is 23.9 Å². The third-order valence-corrected chi connectivity index (χ3v) is 5.17. The lowest BCUT2D eigenvalue weighted by atomic mass is 9.77. The predicted molar refractivity (Wildman–Crippen MR) is 101 cm³/mol. The van der Waals surface area contributed by atoms with Gasteiger partial charge in [-0.3, -0.25) is 0 Å². The monoisotopic (exact) mass is 395 g/mol. The van der Waals surface area contributed by atoms with Crippen LogP contribution in [0.4, 0.5) is 24.5 Å². The molecule has 0 aliphatic carbocycles. The maximum atomic E-state index is 15.4. The number of anilines is 2. The van der Waals surface area contributed by atoms with E-state index >= 15 is 8.78 Å². The number of pyridine rings is 1. The second-order valence-electron chi connectivity index (χ2n) is 7.39. The Morgan fingerprint density at radius 2 is 1.86 bits per heavy atom. The summed E-state index contributed by atoms with van der Waals surface area (Å²) < 4.78 is 55.8. The van der Waals surface area contributed by atoms with Gasteiger partial charge < -0.3 is 20.1 Å². The summed E-state index contributed by atoms with van der Waals surface area (Å²) in [4.78, 5) is 4.08. The first-order valence-corrected chi connectivity index (χ1v) is 8.94. The highest BCUT2D eigenvalue weighted by Gasteiger charge is 2.63. The number of nitrogens with zero attached hydrogens (tertiary/aromatic N) is 1. The number of nitrogens with one attached hydrogen (secondary N) is 2. The zero-order chi connectivity index (χ0) is 20.6. The SMILES string of the molecule is COc1ccc(Nc2ccc(F)c([C@@]3(C)NCCOC(C)(C)C3(F)F)c2)cn1. The van der Waals surface area contributed by atoms with Crippen molar-refractivity contribution in [2.45, 2.75) is 37.8 Å². The molecule has 0 amide bonds. The van der Waals surface area contributed by atoms with Crippen molar-refractivity contribution in [2.75, 3.05) is 25.6 Å². The minimum absolute atomic E-state index is 0.106. The first-order valence-electron chi connectivity index (χ1n) is 8.94. The van der Waals surface area contributed by atoms with E-state index < -0.39 is 22.9 Å². The number of methoxy groups -OCH3 is 1. The van der Waals surface area contributed by atoms with Crippen molar-refractivity contribution in [1.29, 1.82) is 0 Å². The third kappa shape index (κ3) is 3.42. The Bertz CT molecular complexity index is 843. The molecule has 28 heavy (non-hydrogen) atoms. The largest absolute Gasteiger partial charge is 0.481 e. The van der Waals surface area contributed by atoms with E-state index in [1.807, 2.05) is 0 Å². The Morgan fingerprint density at radius 1 is 1.14 bits per heavy atom. The maximum absolute atomic E-state index is 15.4. The summed E-state index contributed by atoms with van der Waals surface area (Å²) in [6.45, 7) is 4.23. The first kappa shape index (κ1) is 20.4. The molecule has 8 heteroatoms. The van der Waals surface area contributed by atoms with Crippen LogP contribution >= 0.6 is 0 Å². The number of rotatable bonds is 4. The van der Waals surface area contributed by atoms with Crippen LogP contribution in [0.3, 0.4) is 0 Å². The van der Waals surface area contributed by atoms with Gasteiger partial charge in [-0.15, -0.1) is 0 Å². The third-order valence-electron chi connectivity index (χ3n) is 5.17. The van der Waals surface area contributed by atoms with Crippen molar-refractivity contribution < 1.29 is 22.6 Å². The van der Waals surface area contributed by atoms with Gasteiger partial charge in [0.15, 0.2) is 0 Å². The smallest absolute Gasteiger partial charge is 0.297 e. The second kappa shape index (κ2) is 7.25. The quantitative estimate of drug-likeness (QED) is 0.812. The Labute approximate surface area is 162 Å². The number of ether oxygens (including phenoxy) is 2. The highest BCUT2D eigenvalue weighted by Crippen LogP contribution is 2.48. The molecule has 0 spiro atoms. The van der Waals surface area contributed by atoms with Crippen LogP contribution in [-0.2, 0) is 10.3 Å². The van der Waals surface area contributed by atoms with E-state index in [1.165, 1.54) is 46.1 Å². The van der Waals surface area contributed by atoms with Crippen LogP contribution in [0.25, 0.3) is 0 Å². The molecule has 3 rings (SSSR count). The van der Waals surface area contributed by atoms with Gasteiger partial charge in [0.2, 0.25) is 5.88 Å². The number of hydrogen-bond donors (Lipinski definition) is 2. The summed E-state index contributed by atoms with van der Waals surface area (Å²) in [5.41, 5.74) is -2.77. The molecule has 2 N–H and O–H groups in total. The van der Waals surface area contributed by atoms with Crippen LogP contribution in [0, 0.1) is 5.82 Å². The Balaban J connectivity index is 2.00. The Morgan fingerprint density at radius 3 is 2.50 bits per heavy atom. The van der Waals surface area contributed by atoms with Crippen molar-refractivity contribution in [2.24, 2.45) is 0 Å². The summed E-state index contributed by atoms with van der Waals surface area (Å²) >= 11 is 0. The van der Waals surface area contributed by atoms with E-state index in [4.69, 9.17) is 9.47 Å². The lowest BCUT2D eigenvalue weighted by Crippen LogP contribution is -2.61. The maximum Gasteiger partial charge on any atom is 0.297 e. The molecule has 0 saturated carbocycles. The summed E-state index contributed by atoms with van der Waals surface area (Å²) in [5.74, 6) is -3.65. The van der Waals surface area contributed by atoms with Crippen LogP contribution in [0.1, 0.15) is 26.3 Å². The molecule has 2 aromatic rings. The standard InChI is InChI=1S/C20H24F3N3O2/c1-18(2)20(22,23)19(3,25-9-10-28-18)15-11-13(5-7-16(15)21)26-14-6-8-17(27-4)24-12-14/h5-8,11-12,25-26H,9-10H2,1-4H3/t19-/m1/s1. The Kier molecular flexibility index (Phi) is 5.29. The lowest BCUT2D eigenvalue weighted by molar-refractivity contribution is -0.216. The van der Waals surface area contributed by atoms with Crippen LogP contribution < -0.4 is 15.4 Å². The zero-order valence-electron chi connectivity index (χ0n) is 16.3. The number of benzene rings is 1. The highest BCUT2D eigenvalue weighted by atomic mass is 19.3. The van der Waals surface area contributed by atoms with Gasteiger partial charge in [0.1, 0.15) is 17.0 Å². The van der Waals surface area contributed by atoms with Gasteiger partial charge >= 0.3 is 0 Å². The topological polar surface area (TPSA) is 55.4 Å². The van der Waals surface area contributed by atoms with E-state index in [2.05, 4.69) is 15.6 Å². The first-order chi connectivity index (χ1) is 13.1. The molecule has 1 aromatic carbocycles. The number of hydrogen-bond acceptors (Lipinski definition) is 5. The van der Waals surface area contributed by atoms with Gasteiger partial charge in [-0.1, -0.05) is 0 Å². The van der Waals surface area contributed by atoms with Crippen LogP contribution in [-0.4, -0.2) is 36.8 Å². The normalized spacial score (nSPS) is 23.7. The van der Waals surface area contributed by atoms with Crippen molar-refractivity contribution in [3.8, 4) is 5.88 Å². The van der Waals surface area contributed by atoms with E-state index in [-0.39, 0.29) is 18.7 Å². The molecule has 1 fully saturated rings. The van der Waals surface area contributed by atoms with Crippen molar-refractivity contribution in [3.05, 3.63) is 47.9 Å². The molecule has 2 heterocycles. The van der Waals surface area contributed by atoms with Gasteiger partial charge in [-0.05, 0) is 45.0 Å². The van der Waals surface area contributed by atoms with Crippen LogP contribution in [0.2, 0.25) is 0 Å². The number of halogens is 3. The summed E-state index contributed by atoms with van der Waals surface area (Å²) in [6, 6.07) is 7.45. The molecule has 1 aliphatic heterocycles. The summed E-state index contributed by atoms with van der Waals surface area (Å²) in [7, 11) is 1.51. The van der Waals surface area contributed by atoms with E-state index in [0.29, 0.717) is 17.3 Å². The zero-order valence-corrected chi connectivity index (χ0v) is 16.3. The van der Waals surface area contributed by atoms with Gasteiger partial charge in [-0.2, -0.15) is 0 Å². The average molecular weight is 395 g/mol. The molecule has 0 radical (unpaired) electrons. The molecule has 0 unspecified atom stereocenters. The molecule has 5 nitrogen and oxygen atoms in total. The molecule has 1 aromatic heterocycles. The van der Waals surface area contributed by atoms with Crippen molar-refractivity contribution >= 4 is 11.4 Å². The van der Waals surface area contributed by atoms with Crippen LogP contribution in [0.15, 0.2) is 36.5 Å². The van der Waals surface area contributed by atoms with Crippen molar-refractivity contribution in [1.82, 2.24) is 10.3 Å². The fourth-order valence-corrected chi connectivity index (χ4v) is 3.40. The minimum atomic E-state index is -3.38. The molecule has 1 atom stereocenters. The molecular weight excluding hydrogens is 371 g/mol. The van der Waals surface area contributed by atoms with E-state index in [0.717, 1.165) is 0 Å². The van der Waals surface area contributed by atoms with Gasteiger partial charge in [0.25, 0.3) is 5.92 Å². The summed E-state index contributed by atoms with van der Waals surface area (Å²) in [6.07, 6.45) is 1.54. The fourth-order valence-electron chi connectivity index (χ4n) is 3.40. The number of alkyl halides is 2. The van der Waals surface area contributed by atoms with E-state index in [1.54, 1.807) is 18.3 Å². The second-order valence-corrected chi connectivity index (χ2v) is 7.39. The lowest BCUT2D eigenvalue weighted by Gasteiger charge is -2.44. The van der Waals surface area contributed by atoms with E-state index in [9.17, 15) is 4.39 Å². The minimum Gasteiger partial charge on any atom is -0.481 e. The van der Waals surface area contributed by atoms with Crippen LogP contribution in [0.5, 0.6) is 5.88 Å². The van der Waals surface area contributed by atoms with Gasteiger partial charge in [0.05, 0.1) is 25.6 Å². The predicted octanol–water partition coefficient (Wildman–Crippen LogP) is 4.22. The number of aromatic nitrogens is 1. The van der Waals surface area contributed by atoms with Gasteiger partial charge in [-0.25, -0.2) is 18.2 Å². The highest BCUT2D eigenvalue weighted by molar-refractivity contribution is 5.60. The summed E-state index contributed by atoms with van der Waals surface area (Å²) in [5, 5.41) is 5.85.